The summed E-state index contributed by atoms with van der Waals surface area (Å²) in [5.74, 6) is 1.32. The second kappa shape index (κ2) is 7.13. The minimum absolute atomic E-state index is 0.549. The van der Waals surface area contributed by atoms with Gasteiger partial charge in [-0.25, -0.2) is 4.98 Å². The third-order valence-electron chi connectivity index (χ3n) is 2.65. The van der Waals surface area contributed by atoms with Crippen LogP contribution in [0.25, 0.3) is 11.5 Å². The second-order valence-corrected chi connectivity index (χ2v) is 4.11. The lowest BCUT2D eigenvalue weighted by molar-refractivity contribution is 0.572. The van der Waals surface area contributed by atoms with Gasteiger partial charge in [0, 0.05) is 19.2 Å². The van der Waals surface area contributed by atoms with Gasteiger partial charge in [0.2, 0.25) is 5.89 Å². The first-order valence-electron chi connectivity index (χ1n) is 6.38. The highest BCUT2D eigenvalue weighted by Gasteiger charge is 2.06. The van der Waals surface area contributed by atoms with E-state index in [1.807, 2.05) is 30.3 Å². The molecule has 2 N–H and O–H groups in total. The molecule has 0 aliphatic heterocycles. The van der Waals surface area contributed by atoms with E-state index in [4.69, 9.17) is 4.42 Å². The van der Waals surface area contributed by atoms with Gasteiger partial charge in [-0.3, -0.25) is 4.99 Å². The fourth-order valence-electron chi connectivity index (χ4n) is 1.67. The van der Waals surface area contributed by atoms with Crippen molar-refractivity contribution >= 4 is 5.96 Å². The second-order valence-electron chi connectivity index (χ2n) is 4.11. The van der Waals surface area contributed by atoms with E-state index in [9.17, 15) is 0 Å². The lowest BCUT2D eigenvalue weighted by atomic mass is 10.2. The number of hydrogen-bond donors (Lipinski definition) is 2. The van der Waals surface area contributed by atoms with E-state index in [0.717, 1.165) is 11.3 Å². The Morgan fingerprint density at radius 2 is 2.15 bits per heavy atom. The molecule has 20 heavy (non-hydrogen) atoms. The van der Waals surface area contributed by atoms with Crippen LogP contribution in [0.5, 0.6) is 0 Å². The minimum atomic E-state index is 0.549. The largest absolute Gasteiger partial charge is 0.444 e. The first-order valence-corrected chi connectivity index (χ1v) is 6.38. The molecule has 0 aliphatic carbocycles. The summed E-state index contributed by atoms with van der Waals surface area (Å²) in [5.41, 5.74) is 1.79. The molecule has 0 unspecified atom stereocenters. The van der Waals surface area contributed by atoms with Crippen LogP contribution in [0.15, 0.2) is 58.7 Å². The lowest BCUT2D eigenvalue weighted by Crippen LogP contribution is -2.36. The smallest absolute Gasteiger partial charge is 0.226 e. The topological polar surface area (TPSA) is 62.5 Å². The van der Waals surface area contributed by atoms with Crippen LogP contribution < -0.4 is 10.6 Å². The Kier molecular flexibility index (Phi) is 4.94. The molecule has 2 rings (SSSR count). The quantitative estimate of drug-likeness (QED) is 0.496. The molecule has 1 aromatic heterocycles. The average molecular weight is 270 g/mol. The molecule has 0 bridgehead atoms. The fraction of sp³-hybridized carbons (Fsp3) is 0.200. The molecule has 0 aliphatic rings. The molecular formula is C15H18N4O. The summed E-state index contributed by atoms with van der Waals surface area (Å²) >= 11 is 0. The Labute approximate surface area is 118 Å². The molecule has 0 amide bonds. The van der Waals surface area contributed by atoms with E-state index in [-0.39, 0.29) is 0 Å². The minimum Gasteiger partial charge on any atom is -0.444 e. The molecule has 0 atom stereocenters. The van der Waals surface area contributed by atoms with Crippen LogP contribution in [0.4, 0.5) is 0 Å². The lowest BCUT2D eigenvalue weighted by Gasteiger charge is -2.08. The van der Waals surface area contributed by atoms with Gasteiger partial charge in [-0.15, -0.1) is 6.58 Å². The third-order valence-corrected chi connectivity index (χ3v) is 2.65. The van der Waals surface area contributed by atoms with Crippen molar-refractivity contribution in [2.75, 3.05) is 13.6 Å². The van der Waals surface area contributed by atoms with Gasteiger partial charge in [-0.05, 0) is 12.1 Å². The Bertz CT molecular complexity index is 575. The van der Waals surface area contributed by atoms with Crippen molar-refractivity contribution in [3.8, 4) is 11.5 Å². The molecule has 0 saturated carbocycles. The van der Waals surface area contributed by atoms with Crippen molar-refractivity contribution in [2.24, 2.45) is 4.99 Å². The maximum atomic E-state index is 5.47. The summed E-state index contributed by atoms with van der Waals surface area (Å²) in [6.45, 7) is 4.86. The predicted octanol–water partition coefficient (Wildman–Crippen LogP) is 2.19. The molecule has 0 fully saturated rings. The van der Waals surface area contributed by atoms with Crippen molar-refractivity contribution in [1.29, 1.82) is 0 Å². The zero-order valence-electron chi connectivity index (χ0n) is 11.5. The Morgan fingerprint density at radius 1 is 1.35 bits per heavy atom. The van der Waals surface area contributed by atoms with E-state index < -0.39 is 0 Å². The highest BCUT2D eigenvalue weighted by molar-refractivity contribution is 5.79. The highest BCUT2D eigenvalue weighted by atomic mass is 16.3. The van der Waals surface area contributed by atoms with Crippen LogP contribution in [-0.2, 0) is 6.54 Å². The van der Waals surface area contributed by atoms with E-state index in [2.05, 4.69) is 27.2 Å². The van der Waals surface area contributed by atoms with Crippen molar-refractivity contribution in [2.45, 2.75) is 6.54 Å². The summed E-state index contributed by atoms with van der Waals surface area (Å²) in [4.78, 5) is 8.53. The van der Waals surface area contributed by atoms with Crippen molar-refractivity contribution in [1.82, 2.24) is 15.6 Å². The van der Waals surface area contributed by atoms with Gasteiger partial charge in [-0.2, -0.15) is 0 Å². The number of nitrogens with one attached hydrogen (secondary N) is 2. The molecule has 2 aromatic rings. The van der Waals surface area contributed by atoms with Crippen LogP contribution in [0.1, 0.15) is 5.69 Å². The monoisotopic (exact) mass is 270 g/mol. The van der Waals surface area contributed by atoms with E-state index in [1.165, 1.54) is 0 Å². The molecule has 0 spiro atoms. The van der Waals surface area contributed by atoms with Gasteiger partial charge < -0.3 is 15.1 Å². The number of aliphatic imine (C=N–C) groups is 1. The maximum Gasteiger partial charge on any atom is 0.226 e. The van der Waals surface area contributed by atoms with Crippen LogP contribution in [0.3, 0.4) is 0 Å². The molecule has 5 heteroatoms. The molecule has 5 nitrogen and oxygen atoms in total. The SMILES string of the molecule is C=CCNC(=NC)NCc1coc(-c2ccccc2)n1. The summed E-state index contributed by atoms with van der Waals surface area (Å²) in [6.07, 6.45) is 3.42. The Balaban J connectivity index is 1.95. The van der Waals surface area contributed by atoms with E-state index in [0.29, 0.717) is 24.9 Å². The number of hydrogen-bond acceptors (Lipinski definition) is 3. The molecule has 1 aromatic carbocycles. The van der Waals surface area contributed by atoms with Crippen molar-refractivity contribution in [3.05, 3.63) is 54.9 Å². The number of rotatable bonds is 5. The number of benzene rings is 1. The van der Waals surface area contributed by atoms with E-state index in [1.54, 1.807) is 19.4 Å². The predicted molar refractivity (Wildman–Crippen MR) is 80.3 cm³/mol. The van der Waals surface area contributed by atoms with Gasteiger partial charge >= 0.3 is 0 Å². The van der Waals surface area contributed by atoms with Gasteiger partial charge in [0.05, 0.1) is 12.2 Å². The van der Waals surface area contributed by atoms with Crippen LogP contribution in [0.2, 0.25) is 0 Å². The van der Waals surface area contributed by atoms with Crippen molar-refractivity contribution in [3.63, 3.8) is 0 Å². The molecule has 1 heterocycles. The number of nitrogens with zero attached hydrogens (tertiary/aromatic N) is 2. The molecule has 0 radical (unpaired) electrons. The Hall–Kier alpha value is -2.56. The first-order chi connectivity index (χ1) is 9.83. The van der Waals surface area contributed by atoms with Crippen LogP contribution in [0, 0.1) is 0 Å². The zero-order chi connectivity index (χ0) is 14.2. The van der Waals surface area contributed by atoms with Gasteiger partial charge in [-0.1, -0.05) is 24.3 Å². The highest BCUT2D eigenvalue weighted by Crippen LogP contribution is 2.17. The number of oxazole rings is 1. The van der Waals surface area contributed by atoms with Gasteiger partial charge in [0.1, 0.15) is 6.26 Å². The maximum absolute atomic E-state index is 5.47. The number of aromatic nitrogens is 1. The van der Waals surface area contributed by atoms with Crippen molar-refractivity contribution < 1.29 is 4.42 Å². The molecular weight excluding hydrogens is 252 g/mol. The summed E-state index contributed by atoms with van der Waals surface area (Å²) in [6, 6.07) is 9.81. The standard InChI is InChI=1S/C15H18N4O/c1-3-9-17-15(16-2)18-10-13-11-20-14(19-13)12-7-5-4-6-8-12/h3-8,11H,1,9-10H2,2H3,(H2,16,17,18). The van der Waals surface area contributed by atoms with E-state index >= 15 is 0 Å². The van der Waals surface area contributed by atoms with Gasteiger partial charge in [0.25, 0.3) is 0 Å². The fourth-order valence-corrected chi connectivity index (χ4v) is 1.67. The molecule has 0 saturated heterocycles. The number of guanidine groups is 1. The van der Waals surface area contributed by atoms with Crippen LogP contribution >= 0.6 is 0 Å². The normalized spacial score (nSPS) is 11.2. The summed E-state index contributed by atoms with van der Waals surface area (Å²) < 4.78 is 5.47. The van der Waals surface area contributed by atoms with Gasteiger partial charge in [0.15, 0.2) is 5.96 Å². The average Bonchev–Trinajstić information content (AvgIpc) is 2.97. The summed E-state index contributed by atoms with van der Waals surface area (Å²) in [5, 5.41) is 6.24. The van der Waals surface area contributed by atoms with Crippen LogP contribution in [-0.4, -0.2) is 24.5 Å². The molecule has 104 valence electrons. The zero-order valence-corrected chi connectivity index (χ0v) is 11.5. The first kappa shape index (κ1) is 13.9. The third kappa shape index (κ3) is 3.71. The Morgan fingerprint density at radius 3 is 2.85 bits per heavy atom. The summed E-state index contributed by atoms with van der Waals surface area (Å²) in [7, 11) is 1.72.